The zero-order valence-electron chi connectivity index (χ0n) is 10.7. The fourth-order valence-corrected chi connectivity index (χ4v) is 1.77. The third-order valence-electron chi connectivity index (χ3n) is 2.82. The van der Waals surface area contributed by atoms with E-state index in [0.717, 1.165) is 12.1 Å². The van der Waals surface area contributed by atoms with E-state index in [-0.39, 0.29) is 5.69 Å². The number of benzene rings is 2. The van der Waals surface area contributed by atoms with Gasteiger partial charge < -0.3 is 16.8 Å². The van der Waals surface area contributed by atoms with Gasteiger partial charge in [0.2, 0.25) is 0 Å². The van der Waals surface area contributed by atoms with Crippen molar-refractivity contribution in [2.75, 3.05) is 16.8 Å². The number of anilines is 4. The van der Waals surface area contributed by atoms with Crippen LogP contribution in [-0.2, 0) is 6.18 Å². The quantitative estimate of drug-likeness (QED) is 0.739. The van der Waals surface area contributed by atoms with Crippen molar-refractivity contribution in [3.05, 3.63) is 47.5 Å². The van der Waals surface area contributed by atoms with Crippen LogP contribution in [0.25, 0.3) is 0 Å². The van der Waals surface area contributed by atoms with Crippen molar-refractivity contribution >= 4 is 22.7 Å². The molecule has 0 bridgehead atoms. The average molecular weight is 292 g/mol. The first kappa shape index (κ1) is 14.5. The number of hydrogen-bond acceptors (Lipinski definition) is 4. The molecule has 21 heavy (non-hydrogen) atoms. The Bertz CT molecular complexity index is 717. The minimum atomic E-state index is -4.59. The Morgan fingerprint density at radius 2 is 1.57 bits per heavy atom. The van der Waals surface area contributed by atoms with E-state index in [1.807, 2.05) is 0 Å². The topological polar surface area (TPSA) is 87.9 Å². The minimum Gasteiger partial charge on any atom is -0.397 e. The van der Waals surface area contributed by atoms with Gasteiger partial charge in [0.1, 0.15) is 0 Å². The highest BCUT2D eigenvalue weighted by Crippen LogP contribution is 2.34. The van der Waals surface area contributed by atoms with Crippen molar-refractivity contribution in [2.24, 2.45) is 0 Å². The zero-order valence-corrected chi connectivity index (χ0v) is 10.7. The minimum absolute atomic E-state index is 0.200. The summed E-state index contributed by atoms with van der Waals surface area (Å²) in [6.45, 7) is 0. The summed E-state index contributed by atoms with van der Waals surface area (Å²) >= 11 is 0. The summed E-state index contributed by atoms with van der Waals surface area (Å²) in [7, 11) is 0. The third-order valence-corrected chi connectivity index (χ3v) is 2.82. The lowest BCUT2D eigenvalue weighted by atomic mass is 10.1. The van der Waals surface area contributed by atoms with Crippen LogP contribution >= 0.6 is 0 Å². The zero-order chi connectivity index (χ0) is 15.6. The first-order chi connectivity index (χ1) is 9.81. The molecule has 0 saturated heterocycles. The molecule has 0 aliphatic carbocycles. The fraction of sp³-hybridized carbons (Fsp3) is 0.0714. The molecule has 0 unspecified atom stereocenters. The number of nitrogens with zero attached hydrogens (tertiary/aromatic N) is 1. The molecule has 0 aliphatic heterocycles. The molecule has 0 saturated carbocycles. The van der Waals surface area contributed by atoms with Gasteiger partial charge in [0, 0.05) is 11.4 Å². The van der Waals surface area contributed by atoms with Crippen molar-refractivity contribution in [2.45, 2.75) is 6.18 Å². The Labute approximate surface area is 118 Å². The molecule has 0 aromatic heterocycles. The van der Waals surface area contributed by atoms with E-state index >= 15 is 0 Å². The number of nitrogens with one attached hydrogen (secondary N) is 1. The Kier molecular flexibility index (Phi) is 3.63. The molecule has 2 aromatic carbocycles. The molecular weight excluding hydrogens is 281 g/mol. The summed E-state index contributed by atoms with van der Waals surface area (Å²) in [5.74, 6) is 0. The summed E-state index contributed by atoms with van der Waals surface area (Å²) in [6, 6.07) is 9.57. The van der Waals surface area contributed by atoms with Gasteiger partial charge in [0.25, 0.3) is 0 Å². The molecule has 2 rings (SSSR count). The predicted molar refractivity (Wildman–Crippen MR) is 74.7 cm³/mol. The maximum absolute atomic E-state index is 12.9. The second kappa shape index (κ2) is 5.25. The number of rotatable bonds is 2. The van der Waals surface area contributed by atoms with Gasteiger partial charge in [-0.05, 0) is 36.4 Å². The van der Waals surface area contributed by atoms with E-state index in [1.165, 1.54) is 18.2 Å². The van der Waals surface area contributed by atoms with Crippen LogP contribution in [0.2, 0.25) is 0 Å². The van der Waals surface area contributed by atoms with E-state index < -0.39 is 17.3 Å². The van der Waals surface area contributed by atoms with Crippen LogP contribution in [0, 0.1) is 11.3 Å². The van der Waals surface area contributed by atoms with E-state index in [9.17, 15) is 13.2 Å². The molecule has 0 fully saturated rings. The maximum Gasteiger partial charge on any atom is 0.417 e. The fourth-order valence-electron chi connectivity index (χ4n) is 1.77. The van der Waals surface area contributed by atoms with Gasteiger partial charge >= 0.3 is 6.18 Å². The predicted octanol–water partition coefficient (Wildman–Crippen LogP) is 3.49. The average Bonchev–Trinajstić information content (AvgIpc) is 2.42. The third kappa shape index (κ3) is 3.17. The summed E-state index contributed by atoms with van der Waals surface area (Å²) in [6.07, 6.45) is -4.59. The summed E-state index contributed by atoms with van der Waals surface area (Å²) in [5.41, 5.74) is 11.2. The largest absolute Gasteiger partial charge is 0.417 e. The smallest absolute Gasteiger partial charge is 0.397 e. The molecule has 5 N–H and O–H groups in total. The van der Waals surface area contributed by atoms with Crippen molar-refractivity contribution in [1.29, 1.82) is 5.26 Å². The van der Waals surface area contributed by atoms with Crippen LogP contribution in [0.3, 0.4) is 0 Å². The Morgan fingerprint density at radius 1 is 0.952 bits per heavy atom. The number of halogens is 3. The molecule has 2 aromatic rings. The van der Waals surface area contributed by atoms with Crippen molar-refractivity contribution < 1.29 is 13.2 Å². The lowest BCUT2D eigenvalue weighted by Gasteiger charge is -2.13. The lowest BCUT2D eigenvalue weighted by molar-refractivity contribution is -0.137. The first-order valence-corrected chi connectivity index (χ1v) is 5.84. The van der Waals surface area contributed by atoms with Crippen molar-refractivity contribution in [3.8, 4) is 6.07 Å². The van der Waals surface area contributed by atoms with E-state index in [0.29, 0.717) is 17.1 Å². The number of nitrogens with two attached hydrogens (primary N) is 2. The van der Waals surface area contributed by atoms with Gasteiger partial charge in [-0.15, -0.1) is 0 Å². The highest BCUT2D eigenvalue weighted by molar-refractivity contribution is 5.72. The van der Waals surface area contributed by atoms with Gasteiger partial charge in [-0.1, -0.05) is 0 Å². The number of nitriles is 1. The highest BCUT2D eigenvalue weighted by Gasteiger charge is 2.33. The maximum atomic E-state index is 12.9. The molecule has 0 heterocycles. The summed E-state index contributed by atoms with van der Waals surface area (Å²) < 4.78 is 38.6. The number of alkyl halides is 3. The normalized spacial score (nSPS) is 11.0. The molecule has 0 radical (unpaired) electrons. The monoisotopic (exact) mass is 292 g/mol. The Balaban J connectivity index is 2.37. The Morgan fingerprint density at radius 3 is 2.14 bits per heavy atom. The van der Waals surface area contributed by atoms with Crippen LogP contribution in [0.1, 0.15) is 11.1 Å². The van der Waals surface area contributed by atoms with Crippen LogP contribution in [0.5, 0.6) is 0 Å². The lowest BCUT2D eigenvalue weighted by Crippen LogP contribution is -2.08. The van der Waals surface area contributed by atoms with E-state index in [2.05, 4.69) is 5.32 Å². The molecule has 4 nitrogen and oxygen atoms in total. The molecule has 0 aliphatic rings. The highest BCUT2D eigenvalue weighted by atomic mass is 19.4. The molecule has 0 atom stereocenters. The first-order valence-electron chi connectivity index (χ1n) is 5.84. The van der Waals surface area contributed by atoms with E-state index in [4.69, 9.17) is 16.7 Å². The summed E-state index contributed by atoms with van der Waals surface area (Å²) in [5, 5.41) is 11.5. The number of hydrogen-bond donors (Lipinski definition) is 3. The molecule has 108 valence electrons. The van der Waals surface area contributed by atoms with Crippen LogP contribution in [0.15, 0.2) is 36.4 Å². The SMILES string of the molecule is N#Cc1ccc(Nc2ccc(N)c(N)c2)cc1C(F)(F)F. The van der Waals surface area contributed by atoms with Gasteiger partial charge in [-0.25, -0.2) is 0 Å². The molecule has 0 amide bonds. The van der Waals surface area contributed by atoms with Gasteiger partial charge in [0.05, 0.1) is 28.6 Å². The van der Waals surface area contributed by atoms with Gasteiger partial charge in [0.15, 0.2) is 0 Å². The Hall–Kier alpha value is -2.88. The molecule has 0 spiro atoms. The van der Waals surface area contributed by atoms with Gasteiger partial charge in [-0.3, -0.25) is 0 Å². The van der Waals surface area contributed by atoms with Crippen LogP contribution < -0.4 is 16.8 Å². The standard InChI is InChI=1S/C14H11F3N4/c15-14(16,17)11-5-9(2-1-8(11)7-18)21-10-3-4-12(19)13(20)6-10/h1-6,21H,19-20H2. The van der Waals surface area contributed by atoms with Crippen molar-refractivity contribution in [1.82, 2.24) is 0 Å². The van der Waals surface area contributed by atoms with E-state index in [1.54, 1.807) is 12.1 Å². The summed E-state index contributed by atoms with van der Waals surface area (Å²) in [4.78, 5) is 0. The number of nitrogen functional groups attached to an aromatic ring is 2. The van der Waals surface area contributed by atoms with Crippen LogP contribution in [0.4, 0.5) is 35.9 Å². The van der Waals surface area contributed by atoms with Crippen LogP contribution in [-0.4, -0.2) is 0 Å². The molecule has 7 heteroatoms. The van der Waals surface area contributed by atoms with Gasteiger partial charge in [-0.2, -0.15) is 18.4 Å². The second-order valence-electron chi connectivity index (χ2n) is 4.34. The second-order valence-corrected chi connectivity index (χ2v) is 4.34. The van der Waals surface area contributed by atoms with Crippen molar-refractivity contribution in [3.63, 3.8) is 0 Å². The molecular formula is C14H11F3N4.